The normalized spacial score (nSPS) is 12.1. The van der Waals surface area contributed by atoms with Gasteiger partial charge in [-0.15, -0.1) is 0 Å². The minimum Gasteiger partial charge on any atom is -0.198 e. The molecule has 0 bridgehead atoms. The molecule has 1 atom stereocenters. The quantitative estimate of drug-likeness (QED) is 0.698. The van der Waals surface area contributed by atoms with Crippen molar-refractivity contribution in [2.24, 2.45) is 0 Å². The maximum absolute atomic E-state index is 8.64. The van der Waals surface area contributed by atoms with Crippen LogP contribution in [0.4, 0.5) is 0 Å². The third-order valence-corrected chi connectivity index (χ3v) is 2.29. The van der Waals surface area contributed by atoms with Crippen LogP contribution in [0.15, 0.2) is 28.7 Å². The van der Waals surface area contributed by atoms with Crippen LogP contribution in [0.25, 0.3) is 0 Å². The second-order valence-electron chi connectivity index (χ2n) is 2.37. The van der Waals surface area contributed by atoms with Crippen molar-refractivity contribution in [3.05, 3.63) is 34.3 Å². The Morgan fingerprint density at radius 3 is 2.64 bits per heavy atom. The molecule has 0 heterocycles. The fourth-order valence-electron chi connectivity index (χ4n) is 0.896. The maximum atomic E-state index is 8.64. The summed E-state index contributed by atoms with van der Waals surface area (Å²) in [5.74, 6) is -0.0365. The Labute approximate surface area is 74.8 Å². The van der Waals surface area contributed by atoms with Gasteiger partial charge >= 0.3 is 0 Å². The van der Waals surface area contributed by atoms with Gasteiger partial charge in [-0.25, -0.2) is 0 Å². The zero-order valence-corrected chi connectivity index (χ0v) is 7.80. The summed E-state index contributed by atoms with van der Waals surface area (Å²) in [5, 5.41) is 8.64. The second-order valence-corrected chi connectivity index (χ2v) is 3.23. The highest BCUT2D eigenvalue weighted by atomic mass is 79.9. The predicted octanol–water partition coefficient (Wildman–Crippen LogP) is 3.08. The van der Waals surface area contributed by atoms with Crippen LogP contribution >= 0.6 is 15.9 Å². The summed E-state index contributed by atoms with van der Waals surface area (Å²) in [7, 11) is 0. The summed E-state index contributed by atoms with van der Waals surface area (Å²) < 4.78 is 1.01. The SMILES string of the molecule is C[C@@H](C#N)c1ccccc1Br. The molecule has 0 aliphatic heterocycles. The second kappa shape index (κ2) is 3.54. The standard InChI is InChI=1S/C9H8BrN/c1-7(6-11)8-4-2-3-5-9(8)10/h2-5,7H,1H3/t7-/m0/s1. The van der Waals surface area contributed by atoms with E-state index in [1.54, 1.807) is 0 Å². The van der Waals surface area contributed by atoms with Crippen molar-refractivity contribution in [3.63, 3.8) is 0 Å². The number of nitrogens with zero attached hydrogens (tertiary/aromatic N) is 1. The number of hydrogen-bond acceptors (Lipinski definition) is 1. The minimum atomic E-state index is -0.0365. The Kier molecular flexibility index (Phi) is 2.67. The third kappa shape index (κ3) is 1.81. The van der Waals surface area contributed by atoms with Crippen LogP contribution in [-0.4, -0.2) is 0 Å². The van der Waals surface area contributed by atoms with Crippen LogP contribution < -0.4 is 0 Å². The molecular weight excluding hydrogens is 202 g/mol. The molecule has 0 N–H and O–H groups in total. The Bertz CT molecular complexity index is 288. The number of halogens is 1. The number of nitriles is 1. The molecule has 56 valence electrons. The highest BCUT2D eigenvalue weighted by molar-refractivity contribution is 9.10. The summed E-state index contributed by atoms with van der Waals surface area (Å²) in [5.41, 5.74) is 1.05. The van der Waals surface area contributed by atoms with E-state index < -0.39 is 0 Å². The van der Waals surface area contributed by atoms with Crippen LogP contribution in [0.5, 0.6) is 0 Å². The average Bonchev–Trinajstić information content (AvgIpc) is 2.04. The molecular formula is C9H8BrN. The summed E-state index contributed by atoms with van der Waals surface area (Å²) in [4.78, 5) is 0. The summed E-state index contributed by atoms with van der Waals surface area (Å²) in [6, 6.07) is 9.98. The molecule has 11 heavy (non-hydrogen) atoms. The molecule has 0 aliphatic rings. The number of rotatable bonds is 1. The molecule has 0 amide bonds. The van der Waals surface area contributed by atoms with E-state index in [1.807, 2.05) is 31.2 Å². The van der Waals surface area contributed by atoms with Gasteiger partial charge < -0.3 is 0 Å². The lowest BCUT2D eigenvalue weighted by Crippen LogP contribution is -1.89. The Hall–Kier alpha value is -0.810. The first-order valence-corrected chi connectivity index (χ1v) is 4.19. The van der Waals surface area contributed by atoms with Crippen LogP contribution in [-0.2, 0) is 0 Å². The summed E-state index contributed by atoms with van der Waals surface area (Å²) >= 11 is 3.39. The molecule has 0 radical (unpaired) electrons. The molecule has 0 saturated carbocycles. The van der Waals surface area contributed by atoms with Crippen molar-refractivity contribution >= 4 is 15.9 Å². The van der Waals surface area contributed by atoms with Gasteiger partial charge in [-0.2, -0.15) is 5.26 Å². The molecule has 0 saturated heterocycles. The molecule has 1 nitrogen and oxygen atoms in total. The van der Waals surface area contributed by atoms with Crippen molar-refractivity contribution in [3.8, 4) is 6.07 Å². The molecule has 0 fully saturated rings. The monoisotopic (exact) mass is 209 g/mol. The first kappa shape index (κ1) is 8.29. The van der Waals surface area contributed by atoms with E-state index >= 15 is 0 Å². The van der Waals surface area contributed by atoms with Gasteiger partial charge in [0.25, 0.3) is 0 Å². The highest BCUT2D eigenvalue weighted by Crippen LogP contribution is 2.23. The first-order chi connectivity index (χ1) is 5.25. The van der Waals surface area contributed by atoms with E-state index in [2.05, 4.69) is 22.0 Å². The molecule has 1 rings (SSSR count). The minimum absolute atomic E-state index is 0.0365. The molecule has 2 heteroatoms. The molecule has 0 unspecified atom stereocenters. The van der Waals surface area contributed by atoms with Gasteiger partial charge in [0.2, 0.25) is 0 Å². The van der Waals surface area contributed by atoms with E-state index in [0.29, 0.717) is 0 Å². The first-order valence-electron chi connectivity index (χ1n) is 3.39. The lowest BCUT2D eigenvalue weighted by atomic mass is 10.0. The maximum Gasteiger partial charge on any atom is 0.0701 e. The van der Waals surface area contributed by atoms with Crippen molar-refractivity contribution in [1.29, 1.82) is 5.26 Å². The smallest absolute Gasteiger partial charge is 0.0701 e. The Morgan fingerprint density at radius 1 is 1.45 bits per heavy atom. The van der Waals surface area contributed by atoms with Gasteiger partial charge in [-0.05, 0) is 18.6 Å². The van der Waals surface area contributed by atoms with Gasteiger partial charge in [0.05, 0.1) is 12.0 Å². The van der Waals surface area contributed by atoms with Crippen LogP contribution in [0.2, 0.25) is 0 Å². The van der Waals surface area contributed by atoms with E-state index in [9.17, 15) is 0 Å². The predicted molar refractivity (Wildman–Crippen MR) is 48.2 cm³/mol. The van der Waals surface area contributed by atoms with Crippen molar-refractivity contribution in [1.82, 2.24) is 0 Å². The van der Waals surface area contributed by atoms with Crippen LogP contribution in [0, 0.1) is 11.3 Å². The zero-order valence-electron chi connectivity index (χ0n) is 6.21. The average molecular weight is 210 g/mol. The molecule has 0 spiro atoms. The fourth-order valence-corrected chi connectivity index (χ4v) is 1.52. The van der Waals surface area contributed by atoms with E-state index in [1.165, 1.54) is 0 Å². The Balaban J connectivity index is 3.05. The lowest BCUT2D eigenvalue weighted by molar-refractivity contribution is 0.974. The molecule has 1 aromatic carbocycles. The van der Waals surface area contributed by atoms with Gasteiger partial charge in [0, 0.05) is 4.47 Å². The van der Waals surface area contributed by atoms with Gasteiger partial charge in [0.15, 0.2) is 0 Å². The van der Waals surface area contributed by atoms with E-state index in [-0.39, 0.29) is 5.92 Å². The summed E-state index contributed by atoms with van der Waals surface area (Å²) in [6.07, 6.45) is 0. The topological polar surface area (TPSA) is 23.8 Å². The van der Waals surface area contributed by atoms with E-state index in [4.69, 9.17) is 5.26 Å². The number of hydrogen-bond donors (Lipinski definition) is 0. The molecule has 0 aromatic heterocycles. The van der Waals surface area contributed by atoms with Gasteiger partial charge in [-0.3, -0.25) is 0 Å². The fraction of sp³-hybridized carbons (Fsp3) is 0.222. The van der Waals surface area contributed by atoms with Crippen LogP contribution in [0.1, 0.15) is 18.4 Å². The van der Waals surface area contributed by atoms with Crippen molar-refractivity contribution in [2.75, 3.05) is 0 Å². The highest BCUT2D eigenvalue weighted by Gasteiger charge is 2.05. The van der Waals surface area contributed by atoms with Crippen molar-refractivity contribution < 1.29 is 0 Å². The lowest BCUT2D eigenvalue weighted by Gasteiger charge is -2.03. The summed E-state index contributed by atoms with van der Waals surface area (Å²) in [6.45, 7) is 1.89. The number of benzene rings is 1. The largest absolute Gasteiger partial charge is 0.198 e. The molecule has 0 aliphatic carbocycles. The Morgan fingerprint density at radius 2 is 2.09 bits per heavy atom. The van der Waals surface area contributed by atoms with Gasteiger partial charge in [0.1, 0.15) is 0 Å². The molecule has 1 aromatic rings. The third-order valence-electron chi connectivity index (χ3n) is 1.57. The van der Waals surface area contributed by atoms with Gasteiger partial charge in [-0.1, -0.05) is 34.1 Å². The van der Waals surface area contributed by atoms with Crippen LogP contribution in [0.3, 0.4) is 0 Å². The van der Waals surface area contributed by atoms with E-state index in [0.717, 1.165) is 10.0 Å². The van der Waals surface area contributed by atoms with Crippen molar-refractivity contribution in [2.45, 2.75) is 12.8 Å². The zero-order chi connectivity index (χ0) is 8.27.